The molecular formula is C16H18N4O. The number of amides is 1. The van der Waals surface area contributed by atoms with Crippen molar-refractivity contribution >= 4 is 17.9 Å². The van der Waals surface area contributed by atoms with Crippen molar-refractivity contribution in [1.82, 2.24) is 15.2 Å². The minimum atomic E-state index is -0.587. The van der Waals surface area contributed by atoms with Gasteiger partial charge in [-0.1, -0.05) is 18.1 Å². The molecule has 0 radical (unpaired) electrons. The molecule has 2 heterocycles. The van der Waals surface area contributed by atoms with E-state index in [0.717, 1.165) is 11.1 Å². The fourth-order valence-corrected chi connectivity index (χ4v) is 2.08. The quantitative estimate of drug-likeness (QED) is 0.810. The average Bonchev–Trinajstić information content (AvgIpc) is 2.50. The third-order valence-electron chi connectivity index (χ3n) is 3.28. The summed E-state index contributed by atoms with van der Waals surface area (Å²) in [6.45, 7) is 3.67. The second-order valence-corrected chi connectivity index (χ2v) is 5.21. The van der Waals surface area contributed by atoms with Crippen LogP contribution in [0.3, 0.4) is 0 Å². The van der Waals surface area contributed by atoms with Gasteiger partial charge in [-0.15, -0.1) is 5.92 Å². The first-order chi connectivity index (χ1) is 10.5. The summed E-state index contributed by atoms with van der Waals surface area (Å²) in [7, 11) is 1.60. The van der Waals surface area contributed by atoms with Crippen molar-refractivity contribution in [3.8, 4) is 11.8 Å². The summed E-state index contributed by atoms with van der Waals surface area (Å²) in [5.41, 5.74) is 1.16. The molecule has 1 atom stereocenters. The molecule has 1 aliphatic rings. The molecule has 0 aliphatic carbocycles. The maximum absolute atomic E-state index is 12.0. The Bertz CT molecular complexity index is 702. The lowest BCUT2D eigenvalue weighted by Crippen LogP contribution is -2.58. The molecule has 0 bridgehead atoms. The van der Waals surface area contributed by atoms with Crippen LogP contribution < -0.4 is 5.32 Å². The monoisotopic (exact) mass is 282 g/mol. The fraction of sp³-hybridized carbons (Fsp3) is 0.312. The summed E-state index contributed by atoms with van der Waals surface area (Å²) in [4.78, 5) is 17.5. The van der Waals surface area contributed by atoms with Gasteiger partial charge in [0.05, 0.1) is 12.0 Å². The van der Waals surface area contributed by atoms with Crippen molar-refractivity contribution < 1.29 is 6.21 Å². The molecule has 1 aromatic heterocycles. The number of carbonyl (C=O) groups is 1. The predicted molar refractivity (Wildman–Crippen MR) is 82.5 cm³/mol. The molecule has 0 saturated carbocycles. The van der Waals surface area contributed by atoms with E-state index in [-0.39, 0.29) is 11.9 Å². The van der Waals surface area contributed by atoms with Crippen LogP contribution in [0.1, 0.15) is 31.4 Å². The van der Waals surface area contributed by atoms with E-state index >= 15 is 0 Å². The number of rotatable bonds is 2. The highest BCUT2D eigenvalue weighted by atomic mass is 16.2. The first kappa shape index (κ1) is 13.4. The molecule has 0 spiro atoms. The Morgan fingerprint density at radius 1 is 1.62 bits per heavy atom. The molecule has 0 aromatic carbocycles. The predicted octanol–water partition coefficient (Wildman–Crippen LogP) is 1.61. The largest absolute Gasteiger partial charge is 0.347 e. The van der Waals surface area contributed by atoms with Crippen LogP contribution in [-0.4, -0.2) is 34.3 Å². The van der Waals surface area contributed by atoms with Gasteiger partial charge in [0, 0.05) is 25.0 Å². The van der Waals surface area contributed by atoms with Gasteiger partial charge in [-0.2, -0.15) is 0 Å². The van der Waals surface area contributed by atoms with Crippen LogP contribution in [0, 0.1) is 17.2 Å². The third kappa shape index (κ3) is 3.48. The van der Waals surface area contributed by atoms with Crippen molar-refractivity contribution in [3.05, 3.63) is 35.7 Å². The fourth-order valence-electron chi connectivity index (χ4n) is 2.08. The van der Waals surface area contributed by atoms with Gasteiger partial charge in [0.2, 0.25) is 5.91 Å². The topological polar surface area (TPSA) is 69.1 Å². The van der Waals surface area contributed by atoms with E-state index in [1.807, 2.05) is 25.1 Å². The van der Waals surface area contributed by atoms with Crippen LogP contribution in [0.4, 0.5) is 0 Å². The molecule has 0 unspecified atom stereocenters. The smallest absolute Gasteiger partial charge is 0.231 e. The Hall–Kier alpha value is -2.61. The first-order valence-corrected chi connectivity index (χ1v) is 6.61. The average molecular weight is 282 g/mol. The maximum Gasteiger partial charge on any atom is 0.231 e. The zero-order chi connectivity index (χ0) is 16.2. The highest BCUT2D eigenvalue weighted by molar-refractivity contribution is 5.99. The summed E-state index contributed by atoms with van der Waals surface area (Å²) in [6.07, 6.45) is 7.51. The molecule has 1 aromatic rings. The Kier molecular flexibility index (Phi) is 3.69. The molecule has 1 saturated heterocycles. The summed E-state index contributed by atoms with van der Waals surface area (Å²) >= 11 is 0. The van der Waals surface area contributed by atoms with Gasteiger partial charge in [-0.25, -0.2) is 0 Å². The van der Waals surface area contributed by atoms with E-state index in [1.165, 1.54) is 4.90 Å². The maximum atomic E-state index is 12.0. The van der Waals surface area contributed by atoms with E-state index in [2.05, 4.69) is 27.5 Å². The van der Waals surface area contributed by atoms with Crippen molar-refractivity contribution in [1.29, 1.82) is 5.40 Å². The van der Waals surface area contributed by atoms with Crippen LogP contribution in [-0.2, 0) is 4.79 Å². The van der Waals surface area contributed by atoms with Gasteiger partial charge >= 0.3 is 0 Å². The highest BCUT2D eigenvalue weighted by Crippen LogP contribution is 2.19. The van der Waals surface area contributed by atoms with Crippen molar-refractivity contribution in [2.24, 2.45) is 0 Å². The van der Waals surface area contributed by atoms with Gasteiger partial charge in [-0.05, 0) is 25.5 Å². The summed E-state index contributed by atoms with van der Waals surface area (Å²) in [5.74, 6) is 5.95. The van der Waals surface area contributed by atoms with Gasteiger partial charge in [0.1, 0.15) is 0 Å². The number of hydrogen-bond donors (Lipinski definition) is 2. The number of guanidine groups is 1. The number of pyridine rings is 1. The minimum Gasteiger partial charge on any atom is -0.347 e. The lowest BCUT2D eigenvalue weighted by atomic mass is 9.93. The molecule has 2 N–H and O–H groups in total. The molecular weight excluding hydrogens is 264 g/mol. The Morgan fingerprint density at radius 3 is 3.14 bits per heavy atom. The zero-order valence-corrected chi connectivity index (χ0v) is 12.3. The molecule has 5 nitrogen and oxygen atoms in total. The number of aromatic nitrogens is 1. The van der Waals surface area contributed by atoms with E-state index in [9.17, 15) is 4.79 Å². The van der Waals surface area contributed by atoms with Crippen LogP contribution >= 0.6 is 0 Å². The third-order valence-corrected chi connectivity index (χ3v) is 3.28. The van der Waals surface area contributed by atoms with Crippen molar-refractivity contribution in [2.45, 2.75) is 25.8 Å². The normalized spacial score (nSPS) is 24.5. The minimum absolute atomic E-state index is 0.0828. The molecule has 1 amide bonds. The van der Waals surface area contributed by atoms with Gasteiger partial charge in [0.15, 0.2) is 7.37 Å². The Labute approximate surface area is 126 Å². The van der Waals surface area contributed by atoms with Crippen LogP contribution in [0.2, 0.25) is 1.41 Å². The second-order valence-electron chi connectivity index (χ2n) is 5.21. The molecule has 108 valence electrons. The van der Waals surface area contributed by atoms with Gasteiger partial charge < -0.3 is 5.32 Å². The van der Waals surface area contributed by atoms with E-state index in [1.54, 1.807) is 26.4 Å². The Morgan fingerprint density at radius 2 is 2.43 bits per heavy atom. The van der Waals surface area contributed by atoms with Gasteiger partial charge in [-0.3, -0.25) is 20.1 Å². The number of nitrogens with one attached hydrogen (secondary N) is 2. The lowest BCUT2D eigenvalue weighted by Gasteiger charge is -2.37. The summed E-state index contributed by atoms with van der Waals surface area (Å²) in [6, 6.07) is 1.93. The highest BCUT2D eigenvalue weighted by Gasteiger charge is 2.34. The summed E-state index contributed by atoms with van der Waals surface area (Å²) in [5, 5.41) is 6.47. The van der Waals surface area contributed by atoms with E-state index in [0.29, 0.717) is 6.42 Å². The molecule has 1 fully saturated rings. The zero-order valence-electron chi connectivity index (χ0n) is 13.3. The second kappa shape index (κ2) is 5.80. The molecule has 5 heteroatoms. The molecule has 21 heavy (non-hydrogen) atoms. The number of carbonyl (C=O) groups excluding carboxylic acids is 1. The van der Waals surface area contributed by atoms with Gasteiger partial charge in [0.25, 0.3) is 0 Å². The first-order valence-electron chi connectivity index (χ1n) is 7.06. The number of nitrogens with zero attached hydrogens (tertiary/aromatic N) is 2. The Balaban J connectivity index is 2.22. The number of hydrogen-bond acceptors (Lipinski definition) is 3. The van der Waals surface area contributed by atoms with E-state index in [4.69, 9.17) is 1.41 Å². The van der Waals surface area contributed by atoms with Crippen molar-refractivity contribution in [3.63, 3.8) is 0 Å². The van der Waals surface area contributed by atoms with E-state index < -0.39 is 5.54 Å². The summed E-state index contributed by atoms with van der Waals surface area (Å²) < 4.78 is 7.15. The van der Waals surface area contributed by atoms with Crippen molar-refractivity contribution in [2.75, 3.05) is 7.05 Å². The standard InChI is InChI=1S/C16H18N4O/c1-4-5-12-8-13(11-18-10-12)6-7-16(2)9-14(21)20(3)15(17)19-16/h6-8,10-11H,9H2,1-3H3,(H2,17,19)/t16-/m1/s1. The lowest BCUT2D eigenvalue weighted by molar-refractivity contribution is -0.128. The van der Waals surface area contributed by atoms with Crippen LogP contribution in [0.15, 0.2) is 24.5 Å². The van der Waals surface area contributed by atoms with Crippen LogP contribution in [0.5, 0.6) is 0 Å². The SMILES string of the molecule is [H]/N=C1\N[C@](C)(C=Cc2cncc(C#CC)c2)CC(=O)N1C. The molecule has 2 rings (SSSR count). The van der Waals surface area contributed by atoms with Crippen LogP contribution in [0.25, 0.3) is 6.08 Å². The molecule has 1 aliphatic heterocycles.